The minimum Gasteiger partial charge on any atom is -0.479 e. The minimum absolute atomic E-state index is 0.440. The Morgan fingerprint density at radius 3 is 1.17 bits per heavy atom. The van der Waals surface area contributed by atoms with E-state index in [0.717, 1.165) is 24.3 Å². The van der Waals surface area contributed by atoms with Crippen LogP contribution in [0.3, 0.4) is 0 Å². The van der Waals surface area contributed by atoms with Crippen LogP contribution < -0.4 is 0 Å². The van der Waals surface area contributed by atoms with Crippen molar-refractivity contribution in [1.29, 1.82) is 0 Å². The smallest absolute Gasteiger partial charge is 0.337 e. The molecule has 162 valence electrons. The van der Waals surface area contributed by atoms with Crippen LogP contribution in [0.1, 0.15) is 11.1 Å². The molecule has 0 saturated heterocycles. The fraction of sp³-hybridized carbons (Fsp3) is 0.222. The van der Waals surface area contributed by atoms with Gasteiger partial charge in [0.05, 0.1) is 9.79 Å². The summed E-state index contributed by atoms with van der Waals surface area (Å²) in [5.74, 6) is -4.09. The van der Waals surface area contributed by atoms with Crippen LogP contribution in [0.5, 0.6) is 0 Å². The van der Waals surface area contributed by atoms with Crippen LogP contribution in [0.4, 0.5) is 0 Å². The van der Waals surface area contributed by atoms with E-state index in [2.05, 4.69) is 8.37 Å². The Balaban J connectivity index is 2.38. The second-order valence-corrected chi connectivity index (χ2v) is 9.39. The third-order valence-corrected chi connectivity index (χ3v) is 6.46. The number of aliphatic carboxylic acids is 2. The van der Waals surface area contributed by atoms with Crippen molar-refractivity contribution in [2.45, 2.75) is 35.8 Å². The van der Waals surface area contributed by atoms with Crippen LogP contribution in [-0.2, 0) is 38.2 Å². The van der Waals surface area contributed by atoms with Gasteiger partial charge in [0.15, 0.2) is 0 Å². The van der Waals surface area contributed by atoms with E-state index in [4.69, 9.17) is 0 Å². The fourth-order valence-corrected chi connectivity index (χ4v) is 4.31. The highest BCUT2D eigenvalue weighted by molar-refractivity contribution is 7.87. The average molecular weight is 458 g/mol. The van der Waals surface area contributed by atoms with E-state index in [1.165, 1.54) is 24.3 Å². The largest absolute Gasteiger partial charge is 0.479 e. The van der Waals surface area contributed by atoms with Gasteiger partial charge in [0.25, 0.3) is 20.2 Å². The summed E-state index contributed by atoms with van der Waals surface area (Å²) < 4.78 is 58.6. The normalized spacial score (nSPS) is 14.1. The predicted molar refractivity (Wildman–Crippen MR) is 102 cm³/mol. The molecule has 0 bridgehead atoms. The van der Waals surface area contributed by atoms with Crippen molar-refractivity contribution in [2.24, 2.45) is 0 Å². The summed E-state index contributed by atoms with van der Waals surface area (Å²) in [7, 11) is -9.49. The number of carboxylic acids is 2. The van der Waals surface area contributed by atoms with Gasteiger partial charge in [-0.2, -0.15) is 16.8 Å². The Labute approximate surface area is 172 Å². The van der Waals surface area contributed by atoms with Crippen molar-refractivity contribution in [2.75, 3.05) is 0 Å². The van der Waals surface area contributed by atoms with Crippen LogP contribution in [0, 0.1) is 13.8 Å². The first-order valence-corrected chi connectivity index (χ1v) is 11.1. The molecule has 0 aromatic heterocycles. The van der Waals surface area contributed by atoms with Crippen LogP contribution in [-0.4, -0.2) is 51.2 Å². The maximum Gasteiger partial charge on any atom is 0.337 e. The van der Waals surface area contributed by atoms with Gasteiger partial charge in [0.2, 0.25) is 12.2 Å². The molecule has 10 nitrogen and oxygen atoms in total. The van der Waals surface area contributed by atoms with E-state index in [1.54, 1.807) is 13.8 Å². The predicted octanol–water partition coefficient (Wildman–Crippen LogP) is 1.32. The zero-order chi connectivity index (χ0) is 22.7. The lowest BCUT2D eigenvalue weighted by molar-refractivity contribution is -0.161. The molecule has 2 N–H and O–H groups in total. The first-order valence-electron chi connectivity index (χ1n) is 8.29. The molecule has 0 aliphatic carbocycles. The Bertz CT molecular complexity index is 1040. The van der Waals surface area contributed by atoms with Gasteiger partial charge in [0, 0.05) is 0 Å². The molecule has 0 fully saturated rings. The monoisotopic (exact) mass is 458 g/mol. The Kier molecular flexibility index (Phi) is 6.98. The van der Waals surface area contributed by atoms with Crippen LogP contribution in [0.15, 0.2) is 58.3 Å². The molecule has 30 heavy (non-hydrogen) atoms. The molecule has 0 radical (unpaired) electrons. The standard InChI is InChI=1S/C18H18O10S2/c1-11-3-7-13(8-4-11)29(23,24)27-15(17(19)20)16(18(21)22)28-30(25,26)14-9-5-12(2)6-10-14/h3-10,15-16H,1-2H3,(H,19,20)(H,21,22). The molecular formula is C18H18O10S2. The van der Waals surface area contributed by atoms with Crippen LogP contribution >= 0.6 is 0 Å². The first kappa shape index (κ1) is 23.5. The van der Waals surface area contributed by atoms with Crippen molar-refractivity contribution < 1.29 is 45.0 Å². The lowest BCUT2D eigenvalue weighted by atomic mass is 10.2. The molecule has 0 heterocycles. The fourth-order valence-electron chi connectivity index (χ4n) is 2.24. The summed E-state index contributed by atoms with van der Waals surface area (Å²) in [5.41, 5.74) is 1.42. The Morgan fingerprint density at radius 2 is 0.933 bits per heavy atom. The lowest BCUT2D eigenvalue weighted by Crippen LogP contribution is -2.45. The molecule has 12 heteroatoms. The summed E-state index contributed by atoms with van der Waals surface area (Å²) in [4.78, 5) is 22.2. The highest BCUT2D eigenvalue weighted by Crippen LogP contribution is 2.22. The summed E-state index contributed by atoms with van der Waals surface area (Å²) in [6, 6.07) is 10.2. The summed E-state index contributed by atoms with van der Waals surface area (Å²) in [6.07, 6.45) is -5.34. The van der Waals surface area contributed by atoms with Crippen molar-refractivity contribution in [3.8, 4) is 0 Å². The number of rotatable bonds is 9. The SMILES string of the molecule is Cc1ccc(S(=O)(=O)OC(C(=O)O)C(OS(=O)(=O)c2ccc(C)cc2)C(=O)O)cc1. The van der Waals surface area contributed by atoms with E-state index in [9.17, 15) is 36.6 Å². The maximum absolute atomic E-state index is 12.4. The Morgan fingerprint density at radius 1 is 0.667 bits per heavy atom. The van der Waals surface area contributed by atoms with E-state index in [1.807, 2.05) is 0 Å². The number of benzene rings is 2. The van der Waals surface area contributed by atoms with Crippen LogP contribution in [0.25, 0.3) is 0 Å². The van der Waals surface area contributed by atoms with Crippen molar-refractivity contribution in [3.05, 3.63) is 59.7 Å². The lowest BCUT2D eigenvalue weighted by Gasteiger charge is -2.20. The molecule has 0 aliphatic heterocycles. The zero-order valence-corrected chi connectivity index (χ0v) is 17.4. The molecule has 0 saturated carbocycles. The molecule has 2 atom stereocenters. The van der Waals surface area contributed by atoms with Gasteiger partial charge in [-0.25, -0.2) is 18.0 Å². The third kappa shape index (κ3) is 5.63. The average Bonchev–Trinajstić information content (AvgIpc) is 2.65. The van der Waals surface area contributed by atoms with Gasteiger partial charge in [-0.3, -0.25) is 0 Å². The highest BCUT2D eigenvalue weighted by Gasteiger charge is 2.43. The second-order valence-electron chi connectivity index (χ2n) is 6.24. The molecule has 2 aromatic carbocycles. The van der Waals surface area contributed by atoms with E-state index < -0.39 is 54.2 Å². The van der Waals surface area contributed by atoms with Crippen molar-refractivity contribution in [3.63, 3.8) is 0 Å². The quantitative estimate of drug-likeness (QED) is 0.524. The Hall–Kier alpha value is -2.80. The number of carbonyl (C=O) groups is 2. The van der Waals surface area contributed by atoms with E-state index in [0.29, 0.717) is 11.1 Å². The third-order valence-electron chi connectivity index (χ3n) is 3.84. The second kappa shape index (κ2) is 8.92. The first-order chi connectivity index (χ1) is 13.8. The van der Waals surface area contributed by atoms with Gasteiger partial charge in [-0.1, -0.05) is 35.4 Å². The summed E-state index contributed by atoms with van der Waals surface area (Å²) >= 11 is 0. The molecule has 2 unspecified atom stereocenters. The van der Waals surface area contributed by atoms with Crippen LogP contribution in [0.2, 0.25) is 0 Å². The molecule has 0 amide bonds. The summed E-state index contributed by atoms with van der Waals surface area (Å²) in [5, 5.41) is 18.6. The molecular weight excluding hydrogens is 440 g/mol. The van der Waals surface area contributed by atoms with Crippen molar-refractivity contribution >= 4 is 32.2 Å². The molecule has 0 spiro atoms. The zero-order valence-electron chi connectivity index (χ0n) is 15.8. The molecule has 0 aliphatic rings. The van der Waals surface area contributed by atoms with E-state index >= 15 is 0 Å². The van der Waals surface area contributed by atoms with Gasteiger partial charge < -0.3 is 10.2 Å². The number of aryl methyl sites for hydroxylation is 2. The minimum atomic E-state index is -4.74. The van der Waals surface area contributed by atoms with Gasteiger partial charge in [-0.15, -0.1) is 0 Å². The van der Waals surface area contributed by atoms with E-state index in [-0.39, 0.29) is 0 Å². The molecule has 2 aromatic rings. The highest BCUT2D eigenvalue weighted by atomic mass is 32.2. The maximum atomic E-state index is 12.4. The summed E-state index contributed by atoms with van der Waals surface area (Å²) in [6.45, 7) is 3.36. The molecule has 2 rings (SSSR count). The van der Waals surface area contributed by atoms with Gasteiger partial charge in [-0.05, 0) is 38.1 Å². The topological polar surface area (TPSA) is 161 Å². The number of hydrogen-bond acceptors (Lipinski definition) is 8. The number of hydrogen-bond donors (Lipinski definition) is 2. The number of carboxylic acid groups (broad SMARTS) is 2. The van der Waals surface area contributed by atoms with Crippen molar-refractivity contribution in [1.82, 2.24) is 0 Å². The van der Waals surface area contributed by atoms with Gasteiger partial charge in [0.1, 0.15) is 0 Å². The van der Waals surface area contributed by atoms with Gasteiger partial charge >= 0.3 is 11.9 Å².